The van der Waals surface area contributed by atoms with E-state index in [2.05, 4.69) is 5.32 Å². The molecule has 0 saturated heterocycles. The van der Waals surface area contributed by atoms with Crippen molar-refractivity contribution in [3.63, 3.8) is 0 Å². The number of nitrogens with one attached hydrogen (secondary N) is 1. The lowest BCUT2D eigenvalue weighted by molar-refractivity contribution is -0.118. The third-order valence-corrected chi connectivity index (χ3v) is 5.73. The van der Waals surface area contributed by atoms with Gasteiger partial charge in [-0.15, -0.1) is 0 Å². The molecule has 0 saturated carbocycles. The number of nitrogens with zero attached hydrogens (tertiary/aromatic N) is 1. The minimum absolute atomic E-state index is 0.00298. The van der Waals surface area contributed by atoms with Crippen LogP contribution in [0, 0.1) is 6.92 Å². The van der Waals surface area contributed by atoms with Crippen LogP contribution < -0.4 is 15.4 Å². The molecule has 3 rings (SSSR count). The molecule has 1 aliphatic rings. The zero-order chi connectivity index (χ0) is 21.2. The van der Waals surface area contributed by atoms with Gasteiger partial charge in [0.1, 0.15) is 0 Å². The van der Waals surface area contributed by atoms with Gasteiger partial charge in [-0.05, 0) is 49.1 Å². The summed E-state index contributed by atoms with van der Waals surface area (Å²) < 4.78 is 27.8. The van der Waals surface area contributed by atoms with Crippen LogP contribution >= 0.6 is 11.6 Å². The first-order valence-electron chi connectivity index (χ1n) is 8.82. The monoisotopic (exact) mass is 437 g/mol. The first-order chi connectivity index (χ1) is 13.7. The highest BCUT2D eigenvalue weighted by atomic mass is 35.5. The van der Waals surface area contributed by atoms with Gasteiger partial charge in [-0.3, -0.25) is 9.69 Å². The highest BCUT2D eigenvalue weighted by molar-refractivity contribution is 7.89. The largest absolute Gasteiger partial charge is 0.439 e. The van der Waals surface area contributed by atoms with Crippen LogP contribution in [0.25, 0.3) is 0 Å². The molecule has 2 amide bonds. The Kier molecular flexibility index (Phi) is 6.11. The third-order valence-electron chi connectivity index (χ3n) is 4.51. The number of fused-ring (bicyclic) bond motifs is 1. The lowest BCUT2D eigenvalue weighted by atomic mass is 9.99. The molecule has 8 nitrogen and oxygen atoms in total. The number of nitrogens with two attached hydrogens (primary N) is 1. The van der Waals surface area contributed by atoms with Crippen LogP contribution in [0.4, 0.5) is 16.2 Å². The molecule has 0 bridgehead atoms. The van der Waals surface area contributed by atoms with Crippen LogP contribution in [-0.2, 0) is 26.0 Å². The quantitative estimate of drug-likeness (QED) is 0.762. The Balaban J connectivity index is 1.63. The van der Waals surface area contributed by atoms with E-state index in [0.29, 0.717) is 6.54 Å². The second-order valence-corrected chi connectivity index (χ2v) is 8.60. The summed E-state index contributed by atoms with van der Waals surface area (Å²) in [6.07, 6.45) is 1.09. The molecule has 0 fully saturated rings. The molecule has 0 aliphatic carbocycles. The minimum Gasteiger partial charge on any atom is -0.439 e. The number of aryl methyl sites for hydroxylation is 2. The molecule has 0 atom stereocenters. The summed E-state index contributed by atoms with van der Waals surface area (Å²) in [5.74, 6) is -0.606. The lowest BCUT2D eigenvalue weighted by Gasteiger charge is -2.30. The normalized spacial score (nSPS) is 13.6. The zero-order valence-electron chi connectivity index (χ0n) is 15.6. The topological polar surface area (TPSA) is 119 Å². The number of sulfonamides is 1. The number of benzene rings is 2. The summed E-state index contributed by atoms with van der Waals surface area (Å²) in [6.45, 7) is 1.92. The van der Waals surface area contributed by atoms with E-state index in [-0.39, 0.29) is 15.6 Å². The van der Waals surface area contributed by atoms with Crippen molar-refractivity contribution >= 4 is 45.0 Å². The fraction of sp³-hybridized carbons (Fsp3) is 0.263. The summed E-state index contributed by atoms with van der Waals surface area (Å²) in [4.78, 5) is 26.0. The standard InChI is InChI=1S/C19H20ClN3O5S/c1-12-4-2-5-13-6-3-9-23(18(12)13)19(25)28-11-17(24)22-16-8-7-14(10-15(16)20)29(21,26)27/h2,4-5,7-8,10H,3,6,9,11H2,1H3,(H,22,24)(H2,21,26,27). The molecule has 1 heterocycles. The summed E-state index contributed by atoms with van der Waals surface area (Å²) >= 11 is 5.99. The van der Waals surface area contributed by atoms with E-state index in [4.69, 9.17) is 21.5 Å². The first kappa shape index (κ1) is 21.1. The molecular weight excluding hydrogens is 418 g/mol. The van der Waals surface area contributed by atoms with E-state index >= 15 is 0 Å². The van der Waals surface area contributed by atoms with Crippen molar-refractivity contribution in [1.82, 2.24) is 0 Å². The average molecular weight is 438 g/mol. The SMILES string of the molecule is Cc1cccc2c1N(C(=O)OCC(=O)Nc1ccc(S(N)(=O)=O)cc1Cl)CCC2. The van der Waals surface area contributed by atoms with E-state index in [9.17, 15) is 18.0 Å². The van der Waals surface area contributed by atoms with E-state index in [1.165, 1.54) is 17.0 Å². The maximum Gasteiger partial charge on any atom is 0.414 e. The number of anilines is 2. The molecule has 29 heavy (non-hydrogen) atoms. The number of ether oxygens (including phenoxy) is 1. The number of carbonyl (C=O) groups is 2. The number of halogens is 1. The Labute approximate surface area is 173 Å². The number of primary sulfonamides is 1. The van der Waals surface area contributed by atoms with E-state index < -0.39 is 28.6 Å². The molecule has 2 aromatic carbocycles. The van der Waals surface area contributed by atoms with Gasteiger partial charge in [0, 0.05) is 6.54 Å². The first-order valence-corrected chi connectivity index (χ1v) is 10.7. The third kappa shape index (κ3) is 4.87. The van der Waals surface area contributed by atoms with Gasteiger partial charge in [-0.1, -0.05) is 29.8 Å². The number of hydrogen-bond acceptors (Lipinski definition) is 5. The summed E-state index contributed by atoms with van der Waals surface area (Å²) in [5, 5.41) is 7.51. The Morgan fingerprint density at radius 3 is 2.72 bits per heavy atom. The van der Waals surface area contributed by atoms with Crippen molar-refractivity contribution < 1.29 is 22.7 Å². The van der Waals surface area contributed by atoms with Crippen LogP contribution in [0.2, 0.25) is 5.02 Å². The Hall–Kier alpha value is -2.62. The van der Waals surface area contributed by atoms with Gasteiger partial charge in [-0.25, -0.2) is 18.4 Å². The fourth-order valence-corrected chi connectivity index (χ4v) is 4.03. The highest BCUT2D eigenvalue weighted by Crippen LogP contribution is 2.31. The van der Waals surface area contributed by atoms with Crippen LogP contribution in [0.1, 0.15) is 17.5 Å². The number of para-hydroxylation sites is 1. The zero-order valence-corrected chi connectivity index (χ0v) is 17.2. The molecule has 3 N–H and O–H groups in total. The number of amides is 2. The average Bonchev–Trinajstić information content (AvgIpc) is 2.66. The van der Waals surface area contributed by atoms with Gasteiger partial charge in [0.15, 0.2) is 6.61 Å². The van der Waals surface area contributed by atoms with E-state index in [0.717, 1.165) is 35.7 Å². The predicted molar refractivity (Wildman–Crippen MR) is 110 cm³/mol. The second-order valence-electron chi connectivity index (χ2n) is 6.63. The van der Waals surface area contributed by atoms with Gasteiger partial charge in [0.05, 0.1) is 21.3 Å². The maximum absolute atomic E-state index is 12.5. The van der Waals surface area contributed by atoms with Crippen molar-refractivity contribution in [3.8, 4) is 0 Å². The van der Waals surface area contributed by atoms with Crippen LogP contribution in [0.15, 0.2) is 41.3 Å². The predicted octanol–water partition coefficient (Wildman–Crippen LogP) is 2.82. The minimum atomic E-state index is -3.90. The molecule has 0 spiro atoms. The van der Waals surface area contributed by atoms with Crippen molar-refractivity contribution in [2.45, 2.75) is 24.7 Å². The Bertz CT molecular complexity index is 1070. The van der Waals surface area contributed by atoms with E-state index in [1.54, 1.807) is 0 Å². The fourth-order valence-electron chi connectivity index (χ4n) is 3.20. The van der Waals surface area contributed by atoms with E-state index in [1.807, 2.05) is 25.1 Å². The summed E-state index contributed by atoms with van der Waals surface area (Å²) in [5.41, 5.74) is 3.04. The van der Waals surface area contributed by atoms with Crippen LogP contribution in [0.3, 0.4) is 0 Å². The summed E-state index contributed by atoms with van der Waals surface area (Å²) in [6, 6.07) is 9.50. The molecule has 154 valence electrons. The molecule has 0 unspecified atom stereocenters. The summed E-state index contributed by atoms with van der Waals surface area (Å²) in [7, 11) is -3.90. The van der Waals surface area contributed by atoms with Crippen molar-refractivity contribution in [1.29, 1.82) is 0 Å². The number of rotatable bonds is 4. The van der Waals surface area contributed by atoms with Gasteiger partial charge >= 0.3 is 6.09 Å². The molecule has 0 aromatic heterocycles. The molecule has 1 aliphatic heterocycles. The molecular formula is C19H20ClN3O5S. The van der Waals surface area contributed by atoms with Crippen LogP contribution in [-0.4, -0.2) is 33.6 Å². The lowest BCUT2D eigenvalue weighted by Crippen LogP contribution is -2.37. The Morgan fingerprint density at radius 2 is 2.03 bits per heavy atom. The maximum atomic E-state index is 12.5. The van der Waals surface area contributed by atoms with Crippen LogP contribution in [0.5, 0.6) is 0 Å². The number of carbonyl (C=O) groups excluding carboxylic acids is 2. The smallest absolute Gasteiger partial charge is 0.414 e. The van der Waals surface area contributed by atoms with Gasteiger partial charge < -0.3 is 10.1 Å². The van der Waals surface area contributed by atoms with Crippen molar-refractivity contribution in [2.75, 3.05) is 23.4 Å². The molecule has 0 radical (unpaired) electrons. The molecule has 10 heteroatoms. The Morgan fingerprint density at radius 1 is 1.28 bits per heavy atom. The highest BCUT2D eigenvalue weighted by Gasteiger charge is 2.25. The van der Waals surface area contributed by atoms with Gasteiger partial charge in [0.25, 0.3) is 5.91 Å². The van der Waals surface area contributed by atoms with Gasteiger partial charge in [-0.2, -0.15) is 0 Å². The van der Waals surface area contributed by atoms with Crippen molar-refractivity contribution in [3.05, 3.63) is 52.5 Å². The van der Waals surface area contributed by atoms with Crippen molar-refractivity contribution in [2.24, 2.45) is 5.14 Å². The number of hydrogen-bond donors (Lipinski definition) is 2. The van der Waals surface area contributed by atoms with Gasteiger partial charge in [0.2, 0.25) is 10.0 Å². The molecule has 2 aromatic rings. The second kappa shape index (κ2) is 8.40.